The summed E-state index contributed by atoms with van der Waals surface area (Å²) in [6.45, 7) is 5.73. The highest BCUT2D eigenvalue weighted by Crippen LogP contribution is 2.27. The SMILES string of the molecule is [CH2]CC1=Cc2cc(C)c(C(=O)O)cc2CC1. The van der Waals surface area contributed by atoms with Crippen molar-refractivity contribution in [3.8, 4) is 0 Å². The molecule has 0 heterocycles. The quantitative estimate of drug-likeness (QED) is 0.822. The van der Waals surface area contributed by atoms with Crippen LogP contribution >= 0.6 is 0 Å². The molecular weight excluding hydrogens is 200 g/mol. The third-order valence-corrected chi connectivity index (χ3v) is 3.11. The van der Waals surface area contributed by atoms with Crippen molar-refractivity contribution in [2.75, 3.05) is 0 Å². The fraction of sp³-hybridized carbons (Fsp3) is 0.286. The van der Waals surface area contributed by atoms with Crippen LogP contribution < -0.4 is 0 Å². The number of allylic oxidation sites excluding steroid dienone is 1. The lowest BCUT2D eigenvalue weighted by molar-refractivity contribution is 0.0696. The Kier molecular flexibility index (Phi) is 2.82. The molecular formula is C14H15O2. The second-order valence-electron chi connectivity index (χ2n) is 4.22. The molecule has 2 nitrogen and oxygen atoms in total. The van der Waals surface area contributed by atoms with E-state index < -0.39 is 5.97 Å². The monoisotopic (exact) mass is 215 g/mol. The van der Waals surface area contributed by atoms with E-state index in [1.54, 1.807) is 0 Å². The first-order valence-corrected chi connectivity index (χ1v) is 5.47. The Labute approximate surface area is 95.6 Å². The number of aromatic carboxylic acids is 1. The van der Waals surface area contributed by atoms with Crippen molar-refractivity contribution >= 4 is 12.0 Å². The first kappa shape index (κ1) is 10.9. The molecule has 0 fully saturated rings. The molecule has 2 rings (SSSR count). The van der Waals surface area contributed by atoms with Crippen LogP contribution in [0.1, 0.15) is 39.9 Å². The number of aryl methyl sites for hydroxylation is 2. The van der Waals surface area contributed by atoms with E-state index in [1.807, 2.05) is 19.1 Å². The van der Waals surface area contributed by atoms with Crippen LogP contribution in [0.3, 0.4) is 0 Å². The summed E-state index contributed by atoms with van der Waals surface area (Å²) in [6, 6.07) is 3.77. The summed E-state index contributed by atoms with van der Waals surface area (Å²) < 4.78 is 0. The number of benzene rings is 1. The van der Waals surface area contributed by atoms with E-state index in [-0.39, 0.29) is 0 Å². The normalized spacial score (nSPS) is 14.2. The Hall–Kier alpha value is -1.57. The van der Waals surface area contributed by atoms with Gasteiger partial charge in [-0.2, -0.15) is 0 Å². The number of hydrogen-bond acceptors (Lipinski definition) is 1. The molecule has 16 heavy (non-hydrogen) atoms. The Bertz CT molecular complexity index is 470. The van der Waals surface area contributed by atoms with Crippen molar-refractivity contribution < 1.29 is 9.90 Å². The zero-order valence-electron chi connectivity index (χ0n) is 9.42. The highest BCUT2D eigenvalue weighted by molar-refractivity contribution is 5.90. The van der Waals surface area contributed by atoms with Gasteiger partial charge in [-0.1, -0.05) is 17.7 Å². The number of hydrogen-bond donors (Lipinski definition) is 1. The molecule has 2 heteroatoms. The summed E-state index contributed by atoms with van der Waals surface area (Å²) >= 11 is 0. The molecule has 0 aromatic heterocycles. The van der Waals surface area contributed by atoms with Gasteiger partial charge in [-0.25, -0.2) is 4.79 Å². The van der Waals surface area contributed by atoms with E-state index >= 15 is 0 Å². The molecule has 0 bridgehead atoms. The van der Waals surface area contributed by atoms with E-state index in [9.17, 15) is 4.79 Å². The maximum absolute atomic E-state index is 11.0. The third kappa shape index (κ3) is 1.87. The number of carbonyl (C=O) groups is 1. The molecule has 0 aliphatic heterocycles. The van der Waals surface area contributed by atoms with Gasteiger partial charge in [0.2, 0.25) is 0 Å². The topological polar surface area (TPSA) is 37.3 Å². The van der Waals surface area contributed by atoms with Crippen LogP contribution in [0.2, 0.25) is 0 Å². The Balaban J connectivity index is 2.50. The van der Waals surface area contributed by atoms with Gasteiger partial charge < -0.3 is 5.11 Å². The number of carboxylic acid groups (broad SMARTS) is 1. The van der Waals surface area contributed by atoms with Gasteiger partial charge in [0.25, 0.3) is 0 Å². The molecule has 0 atom stereocenters. The van der Waals surface area contributed by atoms with Gasteiger partial charge in [-0.15, -0.1) is 0 Å². The van der Waals surface area contributed by atoms with Gasteiger partial charge in [0, 0.05) is 0 Å². The summed E-state index contributed by atoms with van der Waals surface area (Å²) in [5.74, 6) is -0.841. The molecule has 1 aromatic rings. The van der Waals surface area contributed by atoms with E-state index in [2.05, 4.69) is 13.0 Å². The molecule has 1 radical (unpaired) electrons. The molecule has 0 amide bonds. The lowest BCUT2D eigenvalue weighted by atomic mass is 9.88. The minimum atomic E-state index is -0.841. The predicted molar refractivity (Wildman–Crippen MR) is 64.4 cm³/mol. The lowest BCUT2D eigenvalue weighted by Crippen LogP contribution is -2.05. The van der Waals surface area contributed by atoms with Crippen molar-refractivity contribution in [1.29, 1.82) is 0 Å². The standard InChI is InChI=1S/C14H15O2/c1-3-10-4-5-11-8-13(14(15)16)9(2)6-12(11)7-10/h6-8H,1,3-5H2,2H3,(H,15,16). The largest absolute Gasteiger partial charge is 0.478 e. The van der Waals surface area contributed by atoms with Gasteiger partial charge >= 0.3 is 5.97 Å². The van der Waals surface area contributed by atoms with Crippen LogP contribution in [0.5, 0.6) is 0 Å². The zero-order chi connectivity index (χ0) is 11.7. The Morgan fingerprint density at radius 2 is 2.19 bits per heavy atom. The third-order valence-electron chi connectivity index (χ3n) is 3.11. The smallest absolute Gasteiger partial charge is 0.335 e. The van der Waals surface area contributed by atoms with Crippen LogP contribution in [-0.2, 0) is 6.42 Å². The summed E-state index contributed by atoms with van der Waals surface area (Å²) in [5.41, 5.74) is 4.89. The van der Waals surface area contributed by atoms with Crippen LogP contribution in [-0.4, -0.2) is 11.1 Å². The van der Waals surface area contributed by atoms with Crippen LogP contribution in [0, 0.1) is 13.8 Å². The molecule has 83 valence electrons. The predicted octanol–water partition coefficient (Wildman–Crippen LogP) is 3.25. The highest BCUT2D eigenvalue weighted by atomic mass is 16.4. The molecule has 1 aromatic carbocycles. The minimum absolute atomic E-state index is 0.422. The fourth-order valence-corrected chi connectivity index (χ4v) is 2.14. The maximum atomic E-state index is 11.0. The highest BCUT2D eigenvalue weighted by Gasteiger charge is 2.14. The molecule has 0 saturated heterocycles. The molecule has 1 aliphatic rings. The maximum Gasteiger partial charge on any atom is 0.335 e. The van der Waals surface area contributed by atoms with Gasteiger partial charge in [0.05, 0.1) is 5.56 Å². The zero-order valence-corrected chi connectivity index (χ0v) is 9.42. The lowest BCUT2D eigenvalue weighted by Gasteiger charge is -2.17. The average molecular weight is 215 g/mol. The van der Waals surface area contributed by atoms with Crippen molar-refractivity contribution in [1.82, 2.24) is 0 Å². The van der Waals surface area contributed by atoms with E-state index in [1.165, 1.54) is 5.57 Å². The number of fused-ring (bicyclic) bond motifs is 1. The van der Waals surface area contributed by atoms with Crippen LogP contribution in [0.15, 0.2) is 17.7 Å². The molecule has 1 N–H and O–H groups in total. The fourth-order valence-electron chi connectivity index (χ4n) is 2.14. The Morgan fingerprint density at radius 1 is 1.44 bits per heavy atom. The van der Waals surface area contributed by atoms with Crippen molar-refractivity contribution in [2.45, 2.75) is 26.2 Å². The van der Waals surface area contributed by atoms with Crippen LogP contribution in [0.25, 0.3) is 6.08 Å². The van der Waals surface area contributed by atoms with Crippen molar-refractivity contribution in [3.05, 3.63) is 46.9 Å². The van der Waals surface area contributed by atoms with E-state index in [0.29, 0.717) is 5.56 Å². The first-order valence-electron chi connectivity index (χ1n) is 5.47. The summed E-state index contributed by atoms with van der Waals surface area (Å²) in [4.78, 5) is 11.0. The summed E-state index contributed by atoms with van der Waals surface area (Å²) in [7, 11) is 0. The second-order valence-corrected chi connectivity index (χ2v) is 4.22. The van der Waals surface area contributed by atoms with Gasteiger partial charge in [-0.05, 0) is 55.9 Å². The van der Waals surface area contributed by atoms with Crippen LogP contribution in [0.4, 0.5) is 0 Å². The molecule has 0 saturated carbocycles. The van der Waals surface area contributed by atoms with Crippen molar-refractivity contribution in [2.24, 2.45) is 0 Å². The Morgan fingerprint density at radius 3 is 2.81 bits per heavy atom. The number of carboxylic acids is 1. The van der Waals surface area contributed by atoms with Gasteiger partial charge in [0.15, 0.2) is 0 Å². The summed E-state index contributed by atoms with van der Waals surface area (Å²) in [5, 5.41) is 9.04. The van der Waals surface area contributed by atoms with Gasteiger partial charge in [0.1, 0.15) is 0 Å². The first-order chi connectivity index (χ1) is 7.61. The van der Waals surface area contributed by atoms with E-state index in [4.69, 9.17) is 5.11 Å². The summed E-state index contributed by atoms with van der Waals surface area (Å²) in [6.07, 6.45) is 4.90. The van der Waals surface area contributed by atoms with Gasteiger partial charge in [-0.3, -0.25) is 0 Å². The number of rotatable bonds is 2. The molecule has 0 spiro atoms. The minimum Gasteiger partial charge on any atom is -0.478 e. The van der Waals surface area contributed by atoms with E-state index in [0.717, 1.165) is 36.0 Å². The molecule has 1 aliphatic carbocycles. The molecule has 0 unspecified atom stereocenters. The van der Waals surface area contributed by atoms with Crippen molar-refractivity contribution in [3.63, 3.8) is 0 Å². The average Bonchev–Trinajstić information content (AvgIpc) is 2.27. The second kappa shape index (κ2) is 4.12.